The third-order valence-electron chi connectivity index (χ3n) is 3.13. The molecule has 1 heterocycles. The number of anilines is 2. The number of nitrogens with zero attached hydrogens (tertiary/aromatic N) is 1. The number of rotatable bonds is 5. The second-order valence-corrected chi connectivity index (χ2v) is 5.95. The lowest BCUT2D eigenvalue weighted by atomic mass is 10.1. The molecule has 0 spiro atoms. The van der Waals surface area contributed by atoms with Gasteiger partial charge in [-0.3, -0.25) is 0 Å². The van der Waals surface area contributed by atoms with Gasteiger partial charge >= 0.3 is 0 Å². The van der Waals surface area contributed by atoms with Crippen molar-refractivity contribution < 1.29 is 8.78 Å². The molecule has 0 unspecified atom stereocenters. The summed E-state index contributed by atoms with van der Waals surface area (Å²) in [6.07, 6.45) is -2.53. The summed E-state index contributed by atoms with van der Waals surface area (Å²) in [5.41, 5.74) is 6.54. The smallest absolute Gasteiger partial charge is 0.265 e. The van der Waals surface area contributed by atoms with Crippen LogP contribution in [0.15, 0.2) is 35.7 Å². The molecule has 0 fully saturated rings. The Labute approximate surface area is 121 Å². The molecule has 0 aliphatic heterocycles. The molecule has 108 valence electrons. The molecule has 0 bridgehead atoms. The van der Waals surface area contributed by atoms with Gasteiger partial charge in [-0.25, -0.2) is 8.78 Å². The normalized spacial score (nSPS) is 11.3. The fourth-order valence-corrected chi connectivity index (χ4v) is 2.83. The predicted octanol–water partition coefficient (Wildman–Crippen LogP) is 4.68. The first-order chi connectivity index (χ1) is 9.49. The van der Waals surface area contributed by atoms with Crippen LogP contribution in [0.5, 0.6) is 0 Å². The van der Waals surface area contributed by atoms with Gasteiger partial charge in [-0.05, 0) is 43.5 Å². The Balaban J connectivity index is 2.38. The summed E-state index contributed by atoms with van der Waals surface area (Å²) >= 11 is 1.63. The van der Waals surface area contributed by atoms with Gasteiger partial charge in [0.15, 0.2) is 0 Å². The van der Waals surface area contributed by atoms with Crippen LogP contribution in [0.1, 0.15) is 30.7 Å². The monoisotopic (exact) mass is 296 g/mol. The summed E-state index contributed by atoms with van der Waals surface area (Å²) in [4.78, 5) is 3.13. The van der Waals surface area contributed by atoms with Gasteiger partial charge in [0.1, 0.15) is 0 Å². The molecule has 0 saturated carbocycles. The van der Waals surface area contributed by atoms with Crippen molar-refractivity contribution in [2.75, 3.05) is 10.6 Å². The number of nitrogen functional groups attached to an aromatic ring is 1. The van der Waals surface area contributed by atoms with Crippen molar-refractivity contribution in [1.82, 2.24) is 0 Å². The maximum absolute atomic E-state index is 13.2. The van der Waals surface area contributed by atoms with Crippen molar-refractivity contribution in [2.45, 2.75) is 32.9 Å². The van der Waals surface area contributed by atoms with Crippen LogP contribution in [0.2, 0.25) is 0 Å². The highest BCUT2D eigenvalue weighted by atomic mass is 32.1. The summed E-state index contributed by atoms with van der Waals surface area (Å²) in [5, 5.41) is 1.99. The molecular weight excluding hydrogens is 278 g/mol. The number of thiophene rings is 1. The first kappa shape index (κ1) is 14.8. The lowest BCUT2D eigenvalue weighted by molar-refractivity contribution is 0.151. The molecule has 0 aliphatic carbocycles. The van der Waals surface area contributed by atoms with E-state index in [-0.39, 0.29) is 11.6 Å². The Morgan fingerprint density at radius 2 is 2.00 bits per heavy atom. The number of benzene rings is 1. The Hall–Kier alpha value is -1.62. The van der Waals surface area contributed by atoms with Crippen LogP contribution < -0.4 is 10.6 Å². The molecule has 0 aliphatic rings. The summed E-state index contributed by atoms with van der Waals surface area (Å²) in [6, 6.07) is 8.83. The van der Waals surface area contributed by atoms with Gasteiger partial charge in [-0.1, -0.05) is 6.07 Å². The molecule has 2 rings (SSSR count). The van der Waals surface area contributed by atoms with E-state index in [0.29, 0.717) is 17.9 Å². The van der Waals surface area contributed by atoms with Crippen molar-refractivity contribution in [1.29, 1.82) is 0 Å². The van der Waals surface area contributed by atoms with Crippen molar-refractivity contribution in [2.24, 2.45) is 0 Å². The molecule has 1 aromatic heterocycles. The van der Waals surface area contributed by atoms with E-state index >= 15 is 0 Å². The fraction of sp³-hybridized carbons (Fsp3) is 0.333. The number of alkyl halides is 2. The third-order valence-corrected chi connectivity index (χ3v) is 3.99. The maximum atomic E-state index is 13.2. The van der Waals surface area contributed by atoms with E-state index in [0.717, 1.165) is 4.88 Å². The lowest BCUT2D eigenvalue weighted by Crippen LogP contribution is -2.30. The highest BCUT2D eigenvalue weighted by Gasteiger charge is 2.20. The number of hydrogen-bond acceptors (Lipinski definition) is 3. The fourth-order valence-electron chi connectivity index (χ4n) is 2.13. The molecule has 0 radical (unpaired) electrons. The molecule has 0 amide bonds. The Kier molecular flexibility index (Phi) is 4.60. The highest BCUT2D eigenvalue weighted by Crippen LogP contribution is 2.34. The molecule has 2 aromatic rings. The molecule has 2 N–H and O–H groups in total. The van der Waals surface area contributed by atoms with Crippen LogP contribution in [-0.2, 0) is 6.54 Å². The number of nitrogens with two attached hydrogens (primary N) is 1. The van der Waals surface area contributed by atoms with E-state index in [9.17, 15) is 8.78 Å². The molecular formula is C15H18F2N2S. The minimum atomic E-state index is -2.53. The van der Waals surface area contributed by atoms with Gasteiger partial charge in [-0.2, -0.15) is 0 Å². The number of hydrogen-bond donors (Lipinski definition) is 1. The van der Waals surface area contributed by atoms with E-state index in [1.54, 1.807) is 23.5 Å². The first-order valence-electron chi connectivity index (χ1n) is 6.45. The van der Waals surface area contributed by atoms with Crippen LogP contribution in [-0.4, -0.2) is 6.04 Å². The Morgan fingerprint density at radius 3 is 2.55 bits per heavy atom. The van der Waals surface area contributed by atoms with E-state index in [2.05, 4.69) is 0 Å². The molecule has 5 heteroatoms. The zero-order chi connectivity index (χ0) is 14.7. The second-order valence-electron chi connectivity index (χ2n) is 4.92. The topological polar surface area (TPSA) is 29.3 Å². The molecule has 0 saturated heterocycles. The van der Waals surface area contributed by atoms with Crippen LogP contribution in [0, 0.1) is 0 Å². The quantitative estimate of drug-likeness (QED) is 0.811. The molecule has 0 atom stereocenters. The first-order valence-corrected chi connectivity index (χ1v) is 7.33. The van der Waals surface area contributed by atoms with Crippen molar-refractivity contribution in [3.63, 3.8) is 0 Å². The summed E-state index contributed by atoms with van der Waals surface area (Å²) in [7, 11) is 0. The summed E-state index contributed by atoms with van der Waals surface area (Å²) in [5.74, 6) is 0. The zero-order valence-electron chi connectivity index (χ0n) is 11.5. The zero-order valence-corrected chi connectivity index (χ0v) is 12.3. The third kappa shape index (κ3) is 3.28. The minimum Gasteiger partial charge on any atom is -0.399 e. The van der Waals surface area contributed by atoms with Crippen molar-refractivity contribution in [3.8, 4) is 0 Å². The minimum absolute atomic E-state index is 0.00439. The Morgan fingerprint density at radius 1 is 1.25 bits per heavy atom. The van der Waals surface area contributed by atoms with Crippen LogP contribution in [0.3, 0.4) is 0 Å². The van der Waals surface area contributed by atoms with Crippen LogP contribution in [0.4, 0.5) is 20.2 Å². The largest absolute Gasteiger partial charge is 0.399 e. The van der Waals surface area contributed by atoms with E-state index in [1.165, 1.54) is 6.07 Å². The maximum Gasteiger partial charge on any atom is 0.265 e. The highest BCUT2D eigenvalue weighted by molar-refractivity contribution is 7.09. The number of halogens is 2. The molecule has 20 heavy (non-hydrogen) atoms. The standard InChI is InChI=1S/C15H18F2N2S/c1-10(2)19(9-12-4-3-7-20-12)14-6-5-11(18)8-13(14)15(16)17/h3-8,10,15H,9,18H2,1-2H3. The van der Waals surface area contributed by atoms with Gasteiger partial charge in [-0.15, -0.1) is 11.3 Å². The average molecular weight is 296 g/mol. The summed E-state index contributed by atoms with van der Waals surface area (Å²) in [6.45, 7) is 4.62. The SMILES string of the molecule is CC(C)N(Cc1cccs1)c1ccc(N)cc1C(F)F. The average Bonchev–Trinajstić information content (AvgIpc) is 2.89. The second kappa shape index (κ2) is 6.22. The van der Waals surface area contributed by atoms with E-state index in [1.807, 2.05) is 36.3 Å². The molecule has 2 nitrogen and oxygen atoms in total. The van der Waals surface area contributed by atoms with Gasteiger partial charge in [0, 0.05) is 27.9 Å². The predicted molar refractivity (Wildman–Crippen MR) is 81.4 cm³/mol. The van der Waals surface area contributed by atoms with Crippen molar-refractivity contribution in [3.05, 3.63) is 46.2 Å². The van der Waals surface area contributed by atoms with Gasteiger partial charge < -0.3 is 10.6 Å². The molecule has 1 aromatic carbocycles. The van der Waals surface area contributed by atoms with E-state index in [4.69, 9.17) is 5.73 Å². The van der Waals surface area contributed by atoms with Gasteiger partial charge in [0.2, 0.25) is 0 Å². The summed E-state index contributed by atoms with van der Waals surface area (Å²) < 4.78 is 26.5. The van der Waals surface area contributed by atoms with Crippen LogP contribution in [0.25, 0.3) is 0 Å². The lowest BCUT2D eigenvalue weighted by Gasteiger charge is -2.30. The van der Waals surface area contributed by atoms with Gasteiger partial charge in [0.25, 0.3) is 6.43 Å². The van der Waals surface area contributed by atoms with Crippen LogP contribution >= 0.6 is 11.3 Å². The van der Waals surface area contributed by atoms with Crippen molar-refractivity contribution >= 4 is 22.7 Å². The Bertz CT molecular complexity index is 553. The van der Waals surface area contributed by atoms with E-state index < -0.39 is 6.43 Å². The van der Waals surface area contributed by atoms with Gasteiger partial charge in [0.05, 0.1) is 6.54 Å².